The maximum Gasteiger partial charge on any atom is 0.306 e. The van der Waals surface area contributed by atoms with E-state index in [4.69, 9.17) is 13.8 Å². The molecule has 9 nitrogen and oxygen atoms in total. The van der Waals surface area contributed by atoms with Crippen LogP contribution in [0.5, 0.6) is 0 Å². The third-order valence-corrected chi connectivity index (χ3v) is 12.5. The molecule has 0 aromatic carbocycles. The van der Waals surface area contributed by atoms with Crippen molar-refractivity contribution in [3.63, 3.8) is 0 Å². The molecule has 404 valence electrons. The van der Waals surface area contributed by atoms with Gasteiger partial charge < -0.3 is 28.5 Å². The number of likely N-dealkylation sites (N-methyl/N-ethyl adjacent to an activating group) is 1. The van der Waals surface area contributed by atoms with Crippen LogP contribution in [0.2, 0.25) is 0 Å². The maximum atomic E-state index is 13.5. The molecule has 3 atom stereocenters. The molecule has 0 aromatic rings. The summed E-state index contributed by atoms with van der Waals surface area (Å²) < 4.78 is 30.1. The molecule has 0 heterocycles. The lowest BCUT2D eigenvalue weighted by molar-refractivity contribution is -0.870. The SMILES string of the molecule is CC\C=C/C=C/C=C/C=C\C=C\C=C\CCCCCC(=O)NC(COP(=O)([O-])OCC[N+](C)(C)C)C(/C=C/CCCCCCCCCCC)OC(=O)CCCCCC/C=C\C/C=C\C/C=C\CCCCC. The van der Waals surface area contributed by atoms with Crippen molar-refractivity contribution < 1.29 is 37.3 Å². The highest BCUT2D eigenvalue weighted by Crippen LogP contribution is 2.38. The summed E-state index contributed by atoms with van der Waals surface area (Å²) in [5, 5.41) is 2.98. The first kappa shape index (κ1) is 67.4. The van der Waals surface area contributed by atoms with Gasteiger partial charge in [-0.05, 0) is 89.5 Å². The molecule has 0 spiro atoms. The molecule has 1 N–H and O–H groups in total. The number of carbonyl (C=O) groups is 2. The molecule has 3 unspecified atom stereocenters. The van der Waals surface area contributed by atoms with Gasteiger partial charge in [0.05, 0.1) is 33.8 Å². The van der Waals surface area contributed by atoms with Gasteiger partial charge in [0.2, 0.25) is 5.91 Å². The highest BCUT2D eigenvalue weighted by Gasteiger charge is 2.27. The van der Waals surface area contributed by atoms with Crippen molar-refractivity contribution in [3.8, 4) is 0 Å². The van der Waals surface area contributed by atoms with Crippen molar-refractivity contribution >= 4 is 19.7 Å². The Balaban J connectivity index is 5.50. The Morgan fingerprint density at radius 1 is 0.521 bits per heavy atom. The van der Waals surface area contributed by atoms with Crippen molar-refractivity contribution in [2.45, 2.75) is 213 Å². The lowest BCUT2D eigenvalue weighted by atomic mass is 10.1. The number of nitrogens with zero attached hydrogens (tertiary/aromatic N) is 1. The predicted molar refractivity (Wildman–Crippen MR) is 302 cm³/mol. The Kier molecular flexibility index (Phi) is 47.4. The lowest BCUT2D eigenvalue weighted by Gasteiger charge is -2.30. The van der Waals surface area contributed by atoms with E-state index in [0.717, 1.165) is 83.5 Å². The number of amides is 1. The van der Waals surface area contributed by atoms with Gasteiger partial charge in [-0.1, -0.05) is 220 Å². The first-order valence-electron chi connectivity index (χ1n) is 27.9. The van der Waals surface area contributed by atoms with Gasteiger partial charge in [-0.3, -0.25) is 14.2 Å². The minimum Gasteiger partial charge on any atom is -0.756 e. The maximum absolute atomic E-state index is 13.5. The van der Waals surface area contributed by atoms with Crippen LogP contribution in [0.4, 0.5) is 0 Å². The first-order chi connectivity index (χ1) is 34.4. The molecule has 0 saturated heterocycles. The summed E-state index contributed by atoms with van der Waals surface area (Å²) in [6, 6.07) is -0.928. The Morgan fingerprint density at radius 3 is 1.52 bits per heavy atom. The number of phosphoric ester groups is 1. The van der Waals surface area contributed by atoms with Gasteiger partial charge >= 0.3 is 5.97 Å². The highest BCUT2D eigenvalue weighted by molar-refractivity contribution is 7.45. The number of carbonyl (C=O) groups excluding carboxylic acids is 2. The zero-order valence-electron chi connectivity index (χ0n) is 45.9. The number of rotatable bonds is 48. The Morgan fingerprint density at radius 2 is 0.958 bits per heavy atom. The quantitative estimate of drug-likeness (QED) is 0.0161. The summed E-state index contributed by atoms with van der Waals surface area (Å²) in [5.74, 6) is -0.630. The van der Waals surface area contributed by atoms with E-state index in [-0.39, 0.29) is 31.3 Å². The van der Waals surface area contributed by atoms with Gasteiger partial charge in [-0.15, -0.1) is 0 Å². The molecule has 0 saturated carbocycles. The molecular weight excluding hydrogens is 904 g/mol. The number of unbranched alkanes of at least 4 members (excludes halogenated alkanes) is 19. The smallest absolute Gasteiger partial charge is 0.306 e. The number of hydrogen-bond acceptors (Lipinski definition) is 7. The zero-order chi connectivity index (χ0) is 52.2. The number of esters is 1. The van der Waals surface area contributed by atoms with Crippen LogP contribution in [0.3, 0.4) is 0 Å². The summed E-state index contributed by atoms with van der Waals surface area (Å²) in [7, 11) is 1.12. The van der Waals surface area contributed by atoms with Gasteiger partial charge in [-0.2, -0.15) is 0 Å². The van der Waals surface area contributed by atoms with Crippen molar-refractivity contribution in [1.82, 2.24) is 5.32 Å². The van der Waals surface area contributed by atoms with Gasteiger partial charge in [0.15, 0.2) is 0 Å². The van der Waals surface area contributed by atoms with Crippen LogP contribution >= 0.6 is 7.82 Å². The van der Waals surface area contributed by atoms with E-state index in [9.17, 15) is 19.0 Å². The number of allylic oxidation sites excluding steroid dienone is 19. The number of quaternary nitrogens is 1. The lowest BCUT2D eigenvalue weighted by Crippen LogP contribution is -2.47. The number of phosphoric acid groups is 1. The molecule has 0 fully saturated rings. The van der Waals surface area contributed by atoms with Gasteiger partial charge in [0.1, 0.15) is 19.3 Å². The summed E-state index contributed by atoms with van der Waals surface area (Å²) >= 11 is 0. The predicted octanol–water partition coefficient (Wildman–Crippen LogP) is 16.1. The monoisotopic (exact) mass is 1010 g/mol. The largest absolute Gasteiger partial charge is 0.756 e. The van der Waals surface area contributed by atoms with Crippen molar-refractivity contribution in [3.05, 3.63) is 122 Å². The minimum atomic E-state index is -4.72. The molecule has 0 bridgehead atoms. The molecule has 0 aromatic heterocycles. The normalized spacial score (nSPS) is 14.7. The fourth-order valence-corrected chi connectivity index (χ4v) is 7.93. The molecule has 0 rings (SSSR count). The standard InChI is InChI=1S/C61H103N2O7P/c1-7-10-13-16-19-22-25-27-29-31-33-35-38-41-44-47-50-53-60(64)62-58(57-69-71(66,67)68-56-55-63(4,5)6)59(52-49-46-43-40-37-24-21-18-15-12-9-3)70-61(65)54-51-48-45-42-39-36-34-32-30-28-26-23-20-17-14-11-8-2/h10,13,16,19-20,22-23,25,27-31,33-36,38,49,52,58-59H,7-9,11-12,14-15,17-18,21,24,26,32,37,39-48,50-51,53-57H2,1-6H3,(H-,62,64,66,67)/b13-10-,19-16+,23-20-,25-22+,29-27-,30-28-,33-31+,36-34-,38-35+,52-49+. The van der Waals surface area contributed by atoms with Crippen molar-refractivity contribution in [1.29, 1.82) is 0 Å². The summed E-state index contributed by atoms with van der Waals surface area (Å²) in [6.45, 7) is 6.57. The molecule has 1 amide bonds. The van der Waals surface area contributed by atoms with Crippen LogP contribution in [0.15, 0.2) is 122 Å². The third kappa shape index (κ3) is 51.1. The molecule has 0 aliphatic carbocycles. The Labute approximate surface area is 435 Å². The van der Waals surface area contributed by atoms with E-state index in [1.54, 1.807) is 6.08 Å². The first-order valence-corrected chi connectivity index (χ1v) is 29.4. The topological polar surface area (TPSA) is 114 Å². The Bertz CT molecular complexity index is 1630. The van der Waals surface area contributed by atoms with E-state index >= 15 is 0 Å². The van der Waals surface area contributed by atoms with E-state index in [1.807, 2.05) is 88.0 Å². The van der Waals surface area contributed by atoms with E-state index in [2.05, 4.69) is 74.7 Å². The average molecular weight is 1010 g/mol. The number of hydrogen-bond donors (Lipinski definition) is 1. The summed E-state index contributed by atoms with van der Waals surface area (Å²) in [6.07, 6.45) is 68.8. The second kappa shape index (κ2) is 50.0. The van der Waals surface area contributed by atoms with Gasteiger partial charge in [0, 0.05) is 12.8 Å². The molecule has 0 aliphatic heterocycles. The van der Waals surface area contributed by atoms with Crippen LogP contribution in [-0.2, 0) is 27.9 Å². The summed E-state index contributed by atoms with van der Waals surface area (Å²) in [5.41, 5.74) is 0. The molecular formula is C61H103N2O7P. The van der Waals surface area contributed by atoms with Crippen molar-refractivity contribution in [2.24, 2.45) is 0 Å². The fourth-order valence-electron chi connectivity index (χ4n) is 7.20. The minimum absolute atomic E-state index is 0.0425. The highest BCUT2D eigenvalue weighted by atomic mass is 31.2. The van der Waals surface area contributed by atoms with Gasteiger partial charge in [0.25, 0.3) is 7.82 Å². The van der Waals surface area contributed by atoms with Crippen LogP contribution in [-0.4, -0.2) is 69.4 Å². The van der Waals surface area contributed by atoms with Crippen LogP contribution in [0.1, 0.15) is 201 Å². The molecule has 0 radical (unpaired) electrons. The second-order valence-corrected chi connectivity index (χ2v) is 20.9. The fraction of sp³-hybridized carbons (Fsp3) is 0.639. The van der Waals surface area contributed by atoms with Crippen LogP contribution in [0, 0.1) is 0 Å². The van der Waals surface area contributed by atoms with E-state index < -0.39 is 26.6 Å². The van der Waals surface area contributed by atoms with Crippen LogP contribution in [0.25, 0.3) is 0 Å². The number of ether oxygens (including phenoxy) is 1. The average Bonchev–Trinajstić information content (AvgIpc) is 3.33. The van der Waals surface area contributed by atoms with Crippen molar-refractivity contribution in [2.75, 3.05) is 40.9 Å². The van der Waals surface area contributed by atoms with E-state index in [0.29, 0.717) is 23.9 Å². The zero-order valence-corrected chi connectivity index (χ0v) is 46.8. The molecule has 10 heteroatoms. The van der Waals surface area contributed by atoms with E-state index in [1.165, 1.54) is 70.6 Å². The third-order valence-electron chi connectivity index (χ3n) is 11.5. The Hall–Kier alpha value is -3.59. The number of nitrogens with one attached hydrogen (secondary N) is 1. The molecule has 0 aliphatic rings. The van der Waals surface area contributed by atoms with Gasteiger partial charge in [-0.25, -0.2) is 0 Å². The second-order valence-electron chi connectivity index (χ2n) is 19.5. The summed E-state index contributed by atoms with van der Waals surface area (Å²) in [4.78, 5) is 39.8. The van der Waals surface area contributed by atoms with Crippen LogP contribution < -0.4 is 10.2 Å². The molecule has 71 heavy (non-hydrogen) atoms.